The highest BCUT2D eigenvalue weighted by Crippen LogP contribution is 2.38. The molecule has 2 aromatic heterocycles. The number of methoxy groups -OCH3 is 3. The second kappa shape index (κ2) is 10.8. The third-order valence-electron chi connectivity index (χ3n) is 4.19. The Bertz CT molecular complexity index is 1070. The average Bonchev–Trinajstić information content (AvgIpc) is 3.44. The zero-order valence-electron chi connectivity index (χ0n) is 17.5. The van der Waals surface area contributed by atoms with Gasteiger partial charge in [-0.15, -0.1) is 0 Å². The van der Waals surface area contributed by atoms with Crippen LogP contribution in [0.3, 0.4) is 0 Å². The molecule has 0 aliphatic heterocycles. The van der Waals surface area contributed by atoms with Crippen LogP contribution in [0.25, 0.3) is 0 Å². The average molecular weight is 556 g/mol. The second-order valence-corrected chi connectivity index (χ2v) is 7.54. The van der Waals surface area contributed by atoms with Gasteiger partial charge < -0.3 is 29.4 Å². The largest absolute Gasteiger partial charge is 0.493 e. The lowest BCUT2D eigenvalue weighted by atomic mass is 10.1. The molecule has 0 aliphatic carbocycles. The lowest BCUT2D eigenvalue weighted by molar-refractivity contribution is 0.0898. The van der Waals surface area contributed by atoms with Crippen molar-refractivity contribution in [1.29, 1.82) is 0 Å². The summed E-state index contributed by atoms with van der Waals surface area (Å²) in [7, 11) is 4.41. The van der Waals surface area contributed by atoms with E-state index in [1.165, 1.54) is 33.5 Å². The molecule has 2 heterocycles. The maximum Gasteiger partial charge on any atom is 0.316 e. The Labute approximate surface area is 196 Å². The lowest BCUT2D eigenvalue weighted by Crippen LogP contribution is -2.34. The fraction of sp³-hybridized carbons (Fsp3) is 0.316. The maximum absolute atomic E-state index is 12.4. The molecule has 3 rings (SSSR count). The van der Waals surface area contributed by atoms with Crippen molar-refractivity contribution in [1.82, 2.24) is 30.6 Å². The van der Waals surface area contributed by atoms with Crippen LogP contribution in [0, 0.1) is 3.57 Å². The van der Waals surface area contributed by atoms with Gasteiger partial charge in [0.05, 0.1) is 31.1 Å². The number of ether oxygens (including phenoxy) is 3. The molecule has 13 heteroatoms. The van der Waals surface area contributed by atoms with Gasteiger partial charge in [0, 0.05) is 24.8 Å². The van der Waals surface area contributed by atoms with Crippen LogP contribution in [0.5, 0.6) is 17.2 Å². The molecule has 0 aliphatic rings. The number of nitrogens with one attached hydrogen (secondary N) is 2. The van der Waals surface area contributed by atoms with Crippen molar-refractivity contribution in [3.05, 3.63) is 45.4 Å². The molecule has 1 aromatic carbocycles. The van der Waals surface area contributed by atoms with Crippen LogP contribution in [0.4, 0.5) is 0 Å². The minimum absolute atomic E-state index is 0.157. The molecule has 0 fully saturated rings. The first-order valence-corrected chi connectivity index (χ1v) is 10.4. The van der Waals surface area contributed by atoms with E-state index in [1.807, 2.05) is 6.20 Å². The molecule has 2 amide bonds. The van der Waals surface area contributed by atoms with Gasteiger partial charge in [0.1, 0.15) is 6.54 Å². The monoisotopic (exact) mass is 556 g/mol. The van der Waals surface area contributed by atoms with Crippen LogP contribution in [0.2, 0.25) is 0 Å². The van der Waals surface area contributed by atoms with E-state index in [-0.39, 0.29) is 31.4 Å². The highest BCUT2D eigenvalue weighted by atomic mass is 127. The number of aromatic nitrogens is 4. The summed E-state index contributed by atoms with van der Waals surface area (Å²) < 4.78 is 23.3. The zero-order chi connectivity index (χ0) is 23.1. The van der Waals surface area contributed by atoms with Gasteiger partial charge in [-0.1, -0.05) is 5.16 Å². The fourth-order valence-electron chi connectivity index (χ4n) is 2.72. The number of carbonyl (C=O) groups is 2. The molecule has 0 saturated heterocycles. The van der Waals surface area contributed by atoms with Crippen molar-refractivity contribution in [3.8, 4) is 17.2 Å². The lowest BCUT2D eigenvalue weighted by Gasteiger charge is -2.14. The van der Waals surface area contributed by atoms with Gasteiger partial charge in [-0.05, 0) is 34.7 Å². The number of halogens is 1. The third kappa shape index (κ3) is 5.66. The summed E-state index contributed by atoms with van der Waals surface area (Å²) >= 11 is 2.14. The Hall–Kier alpha value is -3.36. The minimum atomic E-state index is -0.541. The SMILES string of the molecule is COc1cc(C(=O)NCCNC(=O)c2nc(Cn3cc(I)cn3)no2)cc(OC)c1OC. The van der Waals surface area contributed by atoms with Crippen molar-refractivity contribution in [3.63, 3.8) is 0 Å². The molecule has 0 bridgehead atoms. The summed E-state index contributed by atoms with van der Waals surface area (Å²) in [6, 6.07) is 3.08. The van der Waals surface area contributed by atoms with E-state index >= 15 is 0 Å². The van der Waals surface area contributed by atoms with E-state index in [0.29, 0.717) is 28.6 Å². The van der Waals surface area contributed by atoms with Crippen molar-refractivity contribution >= 4 is 34.4 Å². The van der Waals surface area contributed by atoms with Crippen molar-refractivity contribution in [2.45, 2.75) is 6.54 Å². The Balaban J connectivity index is 1.50. The normalized spacial score (nSPS) is 10.5. The topological polar surface area (TPSA) is 143 Å². The number of nitrogens with zero attached hydrogens (tertiary/aromatic N) is 4. The first kappa shape index (κ1) is 23.3. The summed E-state index contributed by atoms with van der Waals surface area (Å²) in [4.78, 5) is 28.7. The number of carbonyl (C=O) groups excluding carboxylic acids is 2. The highest BCUT2D eigenvalue weighted by molar-refractivity contribution is 14.1. The number of benzene rings is 1. The van der Waals surface area contributed by atoms with Crippen molar-refractivity contribution < 1.29 is 28.3 Å². The third-order valence-corrected chi connectivity index (χ3v) is 4.75. The van der Waals surface area contributed by atoms with Gasteiger partial charge >= 0.3 is 11.8 Å². The van der Waals surface area contributed by atoms with Crippen LogP contribution < -0.4 is 24.8 Å². The van der Waals surface area contributed by atoms with E-state index in [2.05, 4.69) is 48.5 Å². The van der Waals surface area contributed by atoms with Crippen LogP contribution in [-0.4, -0.2) is 66.2 Å². The molecule has 0 spiro atoms. The smallest absolute Gasteiger partial charge is 0.316 e. The Morgan fingerprint density at radius 2 is 1.72 bits per heavy atom. The molecule has 0 atom stereocenters. The maximum atomic E-state index is 12.4. The molecular weight excluding hydrogens is 535 g/mol. The Morgan fingerprint density at radius 1 is 1.06 bits per heavy atom. The summed E-state index contributed by atoms with van der Waals surface area (Å²) in [6.45, 7) is 0.614. The number of hydrogen-bond acceptors (Lipinski definition) is 9. The zero-order valence-corrected chi connectivity index (χ0v) is 19.7. The molecule has 32 heavy (non-hydrogen) atoms. The predicted molar refractivity (Wildman–Crippen MR) is 119 cm³/mol. The van der Waals surface area contributed by atoms with Gasteiger partial charge in [0.25, 0.3) is 5.91 Å². The number of hydrogen-bond donors (Lipinski definition) is 2. The van der Waals surface area contributed by atoms with Crippen LogP contribution >= 0.6 is 22.6 Å². The van der Waals surface area contributed by atoms with Crippen LogP contribution in [-0.2, 0) is 6.54 Å². The summed E-state index contributed by atoms with van der Waals surface area (Å²) in [6.07, 6.45) is 3.51. The summed E-state index contributed by atoms with van der Waals surface area (Å²) in [5, 5.41) is 13.2. The predicted octanol–water partition coefficient (Wildman–Crippen LogP) is 1.10. The van der Waals surface area contributed by atoms with E-state index in [4.69, 9.17) is 18.7 Å². The molecule has 3 aromatic rings. The Morgan fingerprint density at radius 3 is 2.28 bits per heavy atom. The molecule has 2 N–H and O–H groups in total. The molecule has 12 nitrogen and oxygen atoms in total. The Kier molecular flexibility index (Phi) is 7.86. The first-order chi connectivity index (χ1) is 15.4. The molecule has 0 radical (unpaired) electrons. The van der Waals surface area contributed by atoms with Gasteiger partial charge in [0.15, 0.2) is 17.3 Å². The van der Waals surface area contributed by atoms with Crippen molar-refractivity contribution in [2.75, 3.05) is 34.4 Å². The second-order valence-electron chi connectivity index (χ2n) is 6.30. The van der Waals surface area contributed by atoms with Gasteiger partial charge in [-0.3, -0.25) is 14.3 Å². The van der Waals surface area contributed by atoms with Gasteiger partial charge in [-0.2, -0.15) is 10.1 Å². The molecule has 0 saturated carbocycles. The van der Waals surface area contributed by atoms with E-state index in [0.717, 1.165) is 3.57 Å². The number of rotatable bonds is 10. The van der Waals surface area contributed by atoms with Crippen LogP contribution in [0.15, 0.2) is 29.0 Å². The number of amides is 2. The summed E-state index contributed by atoms with van der Waals surface area (Å²) in [5.74, 6) is 0.362. The molecular formula is C19H21IN6O6. The van der Waals surface area contributed by atoms with Gasteiger partial charge in [-0.25, -0.2) is 0 Å². The van der Waals surface area contributed by atoms with Crippen LogP contribution in [0.1, 0.15) is 26.9 Å². The van der Waals surface area contributed by atoms with Crippen molar-refractivity contribution in [2.24, 2.45) is 0 Å². The molecule has 0 unspecified atom stereocenters. The standard InChI is InChI=1S/C19H21IN6O6/c1-29-13-6-11(7-14(30-2)16(13)31-3)17(27)21-4-5-22-18(28)19-24-15(25-32-19)10-26-9-12(20)8-23-26/h6-9H,4-5,10H2,1-3H3,(H,21,27)(H,22,28). The molecule has 170 valence electrons. The fourth-order valence-corrected chi connectivity index (χ4v) is 3.17. The highest BCUT2D eigenvalue weighted by Gasteiger charge is 2.18. The summed E-state index contributed by atoms with van der Waals surface area (Å²) in [5.41, 5.74) is 0.320. The van der Waals surface area contributed by atoms with E-state index < -0.39 is 5.91 Å². The van der Waals surface area contributed by atoms with E-state index in [9.17, 15) is 9.59 Å². The minimum Gasteiger partial charge on any atom is -0.493 e. The first-order valence-electron chi connectivity index (χ1n) is 9.32. The quantitative estimate of drug-likeness (QED) is 0.277. The van der Waals surface area contributed by atoms with Gasteiger partial charge in [0.2, 0.25) is 5.75 Å². The van der Waals surface area contributed by atoms with E-state index in [1.54, 1.807) is 10.9 Å².